The molecule has 1 fully saturated rings. The molecule has 1 amide bonds. The van der Waals surface area contributed by atoms with Gasteiger partial charge in [-0.25, -0.2) is 9.19 Å². The minimum atomic E-state index is -1.49. The maximum atomic E-state index is 12.0. The van der Waals surface area contributed by atoms with Crippen molar-refractivity contribution < 1.29 is 13.7 Å². The number of nitrogens with one attached hydrogen (secondary N) is 1. The number of anilines is 1. The molecule has 1 N–H and O–H groups in total. The topological polar surface area (TPSA) is 71.5 Å². The number of piperidine rings is 1. The van der Waals surface area contributed by atoms with E-state index in [1.807, 2.05) is 30.5 Å². The van der Waals surface area contributed by atoms with Crippen molar-refractivity contribution in [3.63, 3.8) is 0 Å². The van der Waals surface area contributed by atoms with Gasteiger partial charge in [0.25, 0.3) is 5.91 Å². The molecule has 6 rings (SSSR count). The monoisotopic (exact) mass is 485 g/mol. The molecule has 178 valence electrons. The molecule has 2 aliphatic heterocycles. The molecule has 1 aromatic heterocycles. The van der Waals surface area contributed by atoms with Crippen LogP contribution in [-0.4, -0.2) is 28.2 Å². The van der Waals surface area contributed by atoms with Gasteiger partial charge >= 0.3 is 0 Å². The fourth-order valence-electron chi connectivity index (χ4n) is 5.27. The number of pyridine rings is 1. The Morgan fingerprint density at radius 3 is 2.49 bits per heavy atom. The third-order valence-corrected chi connectivity index (χ3v) is 8.17. The van der Waals surface area contributed by atoms with Crippen molar-refractivity contribution in [3.8, 4) is 16.9 Å². The summed E-state index contributed by atoms with van der Waals surface area (Å²) in [5, 5.41) is 0. The summed E-state index contributed by atoms with van der Waals surface area (Å²) >= 11 is 0. The first-order valence-electron chi connectivity index (χ1n) is 12.2. The standard InChI is InChI=1S/C28H27N3O3S/c32-28-17-26(35(33)30-28)19-7-10-21(11-8-19)34-25-13-12-23-22(5-4-6-24(23)25)20-9-14-27(29-18-20)31-15-2-1-3-16-31/h4-11,14,17-18,25H,1-3,12-13,15-16H2,(H,30,32)/t25-,35?/m1/s1. The van der Waals surface area contributed by atoms with Crippen molar-refractivity contribution >= 4 is 27.6 Å². The van der Waals surface area contributed by atoms with Crippen molar-refractivity contribution in [2.75, 3.05) is 18.0 Å². The summed E-state index contributed by atoms with van der Waals surface area (Å²) in [6, 6.07) is 18.2. The predicted molar refractivity (Wildman–Crippen MR) is 138 cm³/mol. The molecule has 0 radical (unpaired) electrons. The maximum absolute atomic E-state index is 12.0. The lowest BCUT2D eigenvalue weighted by Crippen LogP contribution is -2.29. The summed E-state index contributed by atoms with van der Waals surface area (Å²) in [7, 11) is -1.49. The number of carbonyl (C=O) groups is 1. The van der Waals surface area contributed by atoms with Gasteiger partial charge in [-0.15, -0.1) is 0 Å². The van der Waals surface area contributed by atoms with E-state index in [1.54, 1.807) is 0 Å². The predicted octanol–water partition coefficient (Wildman–Crippen LogP) is 4.94. The first kappa shape index (κ1) is 22.0. The van der Waals surface area contributed by atoms with E-state index in [0.717, 1.165) is 48.6 Å². The summed E-state index contributed by atoms with van der Waals surface area (Å²) in [6.07, 6.45) is 9.06. The van der Waals surface area contributed by atoms with Gasteiger partial charge in [-0.1, -0.05) is 30.3 Å². The van der Waals surface area contributed by atoms with Gasteiger partial charge in [0.15, 0.2) is 11.0 Å². The number of amides is 1. The Hall–Kier alpha value is -3.45. The summed E-state index contributed by atoms with van der Waals surface area (Å²) in [4.78, 5) is 19.1. The van der Waals surface area contributed by atoms with Crippen LogP contribution in [-0.2, 0) is 22.2 Å². The molecule has 3 aliphatic rings. The van der Waals surface area contributed by atoms with E-state index in [4.69, 9.17) is 9.72 Å². The Morgan fingerprint density at radius 1 is 0.971 bits per heavy atom. The van der Waals surface area contributed by atoms with Crippen molar-refractivity contribution in [1.82, 2.24) is 9.71 Å². The second-order valence-corrected chi connectivity index (χ2v) is 10.4. The second-order valence-electron chi connectivity index (χ2n) is 9.24. The quantitative estimate of drug-likeness (QED) is 0.554. The minimum absolute atomic E-state index is 0.0144. The molecule has 1 saturated heterocycles. The largest absolute Gasteiger partial charge is 0.486 e. The molecular weight excluding hydrogens is 458 g/mol. The van der Waals surface area contributed by atoms with Gasteiger partial charge in [-0.2, -0.15) is 0 Å². The highest BCUT2D eigenvalue weighted by molar-refractivity contribution is 7.93. The molecular formula is C28H27N3O3S. The fourth-order valence-corrected chi connectivity index (χ4v) is 6.18. The Morgan fingerprint density at radius 2 is 1.77 bits per heavy atom. The smallest absolute Gasteiger partial charge is 0.257 e. The number of aromatic nitrogens is 1. The molecule has 3 heterocycles. The van der Waals surface area contributed by atoms with E-state index in [9.17, 15) is 9.00 Å². The molecule has 1 unspecified atom stereocenters. The van der Waals surface area contributed by atoms with Gasteiger partial charge in [-0.05, 0) is 78.6 Å². The summed E-state index contributed by atoms with van der Waals surface area (Å²) < 4.78 is 20.8. The van der Waals surface area contributed by atoms with Crippen LogP contribution in [0.4, 0.5) is 5.82 Å². The van der Waals surface area contributed by atoms with Crippen LogP contribution in [0.3, 0.4) is 0 Å². The van der Waals surface area contributed by atoms with E-state index in [0.29, 0.717) is 4.91 Å². The zero-order valence-corrected chi connectivity index (χ0v) is 20.2. The first-order valence-corrected chi connectivity index (χ1v) is 13.3. The van der Waals surface area contributed by atoms with Crippen LogP contribution in [0.2, 0.25) is 0 Å². The maximum Gasteiger partial charge on any atom is 0.257 e. The van der Waals surface area contributed by atoms with Crippen molar-refractivity contribution in [1.29, 1.82) is 0 Å². The van der Waals surface area contributed by atoms with Crippen molar-refractivity contribution in [2.45, 2.75) is 38.2 Å². The Balaban J connectivity index is 1.19. The van der Waals surface area contributed by atoms with Crippen LogP contribution in [0.5, 0.6) is 5.75 Å². The third-order valence-electron chi connectivity index (χ3n) is 7.03. The number of ether oxygens (including phenoxy) is 1. The molecule has 2 aromatic carbocycles. The number of rotatable bonds is 5. The third kappa shape index (κ3) is 4.36. The highest BCUT2D eigenvalue weighted by atomic mass is 32.2. The van der Waals surface area contributed by atoms with Gasteiger partial charge in [0.2, 0.25) is 0 Å². The lowest BCUT2D eigenvalue weighted by molar-refractivity contribution is -0.114. The van der Waals surface area contributed by atoms with Crippen LogP contribution in [0, 0.1) is 0 Å². The van der Waals surface area contributed by atoms with Gasteiger partial charge in [0, 0.05) is 30.9 Å². The van der Waals surface area contributed by atoms with Crippen LogP contribution in [0.15, 0.2) is 66.9 Å². The molecule has 0 spiro atoms. The van der Waals surface area contributed by atoms with Crippen molar-refractivity contribution in [3.05, 3.63) is 83.6 Å². The van der Waals surface area contributed by atoms with Crippen LogP contribution >= 0.6 is 0 Å². The Bertz CT molecular complexity index is 1310. The van der Waals surface area contributed by atoms with Gasteiger partial charge in [0.1, 0.15) is 17.7 Å². The molecule has 1 aliphatic carbocycles. The van der Waals surface area contributed by atoms with Crippen LogP contribution in [0.25, 0.3) is 16.0 Å². The number of benzene rings is 2. The summed E-state index contributed by atoms with van der Waals surface area (Å²) in [6.45, 7) is 2.19. The van der Waals surface area contributed by atoms with E-state index in [1.165, 1.54) is 42.0 Å². The Kier molecular flexibility index (Phi) is 5.86. The summed E-state index contributed by atoms with van der Waals surface area (Å²) in [5.41, 5.74) is 5.69. The molecule has 35 heavy (non-hydrogen) atoms. The zero-order chi connectivity index (χ0) is 23.8. The molecule has 6 nitrogen and oxygen atoms in total. The second kappa shape index (κ2) is 9.30. The van der Waals surface area contributed by atoms with Crippen LogP contribution in [0.1, 0.15) is 48.5 Å². The average molecular weight is 486 g/mol. The number of hydrogen-bond donors (Lipinski definition) is 1. The van der Waals surface area contributed by atoms with Gasteiger partial charge in [0.05, 0.1) is 4.91 Å². The number of nitrogens with zero attached hydrogens (tertiary/aromatic N) is 2. The van der Waals surface area contributed by atoms with Crippen molar-refractivity contribution in [2.24, 2.45) is 0 Å². The SMILES string of the molecule is O=C1C=C(c2ccc(O[C@@H]3CCc4c(-c5ccc(N6CCCCC6)nc5)cccc43)cc2)S(=O)N1. The molecule has 3 aromatic rings. The normalized spacial score (nSPS) is 21.4. The molecule has 2 atom stereocenters. The lowest BCUT2D eigenvalue weighted by Gasteiger charge is -2.27. The van der Waals surface area contributed by atoms with Gasteiger partial charge in [-0.3, -0.25) is 9.52 Å². The number of fused-ring (bicyclic) bond motifs is 1. The highest BCUT2D eigenvalue weighted by Crippen LogP contribution is 2.40. The first-order chi connectivity index (χ1) is 17.2. The van der Waals surface area contributed by atoms with E-state index in [2.05, 4.69) is 40.0 Å². The average Bonchev–Trinajstić information content (AvgIpc) is 3.47. The van der Waals surface area contributed by atoms with Gasteiger partial charge < -0.3 is 9.64 Å². The molecule has 0 saturated carbocycles. The highest BCUT2D eigenvalue weighted by Gasteiger charge is 2.27. The summed E-state index contributed by atoms with van der Waals surface area (Å²) in [5.74, 6) is 1.50. The zero-order valence-electron chi connectivity index (χ0n) is 19.4. The van der Waals surface area contributed by atoms with E-state index >= 15 is 0 Å². The van der Waals surface area contributed by atoms with Crippen LogP contribution < -0.4 is 14.4 Å². The molecule has 0 bridgehead atoms. The lowest BCUT2D eigenvalue weighted by atomic mass is 9.98. The fraction of sp³-hybridized carbons (Fsp3) is 0.286. The van der Waals surface area contributed by atoms with E-state index in [-0.39, 0.29) is 12.0 Å². The Labute approximate surface area is 207 Å². The minimum Gasteiger partial charge on any atom is -0.486 e. The number of carbonyl (C=O) groups excluding carboxylic acids is 1. The molecule has 7 heteroatoms. The number of hydrogen-bond acceptors (Lipinski definition) is 5. The van der Waals surface area contributed by atoms with E-state index < -0.39 is 11.0 Å².